The maximum atomic E-state index is 10.6. The molecule has 0 radical (unpaired) electrons. The maximum absolute atomic E-state index is 10.6. The van der Waals surface area contributed by atoms with E-state index in [0.717, 1.165) is 31.5 Å². The third-order valence-corrected chi connectivity index (χ3v) is 1.85. The Hall–Kier alpha value is -0.900. The number of nitrogens with zero attached hydrogens (tertiary/aromatic N) is 2. The lowest BCUT2D eigenvalue weighted by Gasteiger charge is -2.30. The molecule has 12 heavy (non-hydrogen) atoms. The van der Waals surface area contributed by atoms with Crippen LogP contribution in [0.25, 0.3) is 0 Å². The van der Waals surface area contributed by atoms with Gasteiger partial charge in [0.05, 0.1) is 0 Å². The first-order valence-corrected chi connectivity index (χ1v) is 4.26. The Morgan fingerprint density at radius 3 is 3.17 bits per heavy atom. The van der Waals surface area contributed by atoms with E-state index in [9.17, 15) is 4.79 Å². The zero-order valence-corrected chi connectivity index (χ0v) is 7.58. The molecule has 0 aromatic carbocycles. The van der Waals surface area contributed by atoms with Crippen molar-refractivity contribution < 1.29 is 4.79 Å². The molecule has 0 fully saturated rings. The smallest absolute Gasteiger partial charge is 0.158 e. The second-order valence-corrected chi connectivity index (χ2v) is 3.03. The van der Waals surface area contributed by atoms with Gasteiger partial charge in [-0.3, -0.25) is 15.1 Å². The van der Waals surface area contributed by atoms with Crippen molar-refractivity contribution in [3.05, 3.63) is 0 Å². The van der Waals surface area contributed by atoms with Gasteiger partial charge < -0.3 is 0 Å². The molecule has 0 saturated carbocycles. The zero-order valence-electron chi connectivity index (χ0n) is 7.58. The van der Waals surface area contributed by atoms with Crippen LogP contribution in [0.3, 0.4) is 0 Å². The van der Waals surface area contributed by atoms with Crippen LogP contribution in [-0.2, 0) is 4.79 Å². The van der Waals surface area contributed by atoms with Crippen LogP contribution in [0.4, 0.5) is 0 Å². The summed E-state index contributed by atoms with van der Waals surface area (Å²) in [6.45, 7) is 5.78. The van der Waals surface area contributed by atoms with Crippen LogP contribution >= 0.6 is 0 Å². The molecule has 1 unspecified atom stereocenters. The average Bonchev–Trinajstić information content (AvgIpc) is 2.05. The van der Waals surface area contributed by atoms with Crippen molar-refractivity contribution in [1.82, 2.24) is 10.3 Å². The minimum Gasteiger partial charge on any atom is -0.299 e. The number of hydrogen-bond acceptors (Lipinski definition) is 4. The monoisotopic (exact) mass is 169 g/mol. The van der Waals surface area contributed by atoms with Crippen LogP contribution in [0.5, 0.6) is 0 Å². The molecule has 4 heteroatoms. The number of nitrogens with one attached hydrogen (secondary N) is 1. The summed E-state index contributed by atoms with van der Waals surface area (Å²) in [5.74, 6) is 0. The van der Waals surface area contributed by atoms with Crippen molar-refractivity contribution in [3.8, 4) is 0 Å². The lowest BCUT2D eigenvalue weighted by atomic mass is 10.3. The summed E-state index contributed by atoms with van der Waals surface area (Å²) in [5, 5.41) is 4.01. The minimum absolute atomic E-state index is 0.228. The van der Waals surface area contributed by atoms with Crippen molar-refractivity contribution >= 4 is 12.0 Å². The predicted molar refractivity (Wildman–Crippen MR) is 48.0 cm³/mol. The Morgan fingerprint density at radius 2 is 2.58 bits per heavy atom. The largest absolute Gasteiger partial charge is 0.299 e. The molecule has 1 N–H and O–H groups in total. The number of aldehydes is 1. The highest BCUT2D eigenvalue weighted by atomic mass is 16.1. The summed E-state index contributed by atoms with van der Waals surface area (Å²) in [4.78, 5) is 12.7. The molecular weight excluding hydrogens is 154 g/mol. The molecule has 0 bridgehead atoms. The van der Waals surface area contributed by atoms with Gasteiger partial charge in [-0.25, -0.2) is 0 Å². The number of hydrogen-bond donors (Lipinski definition) is 1. The molecule has 68 valence electrons. The van der Waals surface area contributed by atoms with Gasteiger partial charge in [-0.15, -0.1) is 0 Å². The van der Waals surface area contributed by atoms with Gasteiger partial charge in [0, 0.05) is 18.8 Å². The molecule has 0 amide bonds. The number of rotatable bonds is 3. The first kappa shape index (κ1) is 9.19. The highest BCUT2D eigenvalue weighted by Gasteiger charge is 2.20. The fourth-order valence-corrected chi connectivity index (χ4v) is 1.31. The SMILES string of the molecule is CCCN1CC(C)=NNC1C=O. The molecule has 0 spiro atoms. The lowest BCUT2D eigenvalue weighted by Crippen LogP contribution is -2.51. The van der Waals surface area contributed by atoms with Crippen LogP contribution in [0.2, 0.25) is 0 Å². The second-order valence-electron chi connectivity index (χ2n) is 3.03. The Kier molecular flexibility index (Phi) is 3.22. The van der Waals surface area contributed by atoms with Crippen molar-refractivity contribution in [3.63, 3.8) is 0 Å². The van der Waals surface area contributed by atoms with E-state index in [1.54, 1.807) is 0 Å². The maximum Gasteiger partial charge on any atom is 0.158 e. The summed E-state index contributed by atoms with van der Waals surface area (Å²) in [6.07, 6.45) is 1.72. The minimum atomic E-state index is -0.228. The van der Waals surface area contributed by atoms with E-state index < -0.39 is 0 Å². The Labute approximate surface area is 72.6 Å². The third kappa shape index (κ3) is 2.04. The Morgan fingerprint density at radius 1 is 1.83 bits per heavy atom. The van der Waals surface area contributed by atoms with E-state index in [0.29, 0.717) is 0 Å². The summed E-state index contributed by atoms with van der Waals surface area (Å²) in [7, 11) is 0. The van der Waals surface area contributed by atoms with Crippen molar-refractivity contribution in [2.45, 2.75) is 26.4 Å². The van der Waals surface area contributed by atoms with E-state index in [1.165, 1.54) is 0 Å². The fourth-order valence-electron chi connectivity index (χ4n) is 1.31. The van der Waals surface area contributed by atoms with Gasteiger partial charge in [-0.1, -0.05) is 6.92 Å². The van der Waals surface area contributed by atoms with Gasteiger partial charge in [0.2, 0.25) is 0 Å². The summed E-state index contributed by atoms with van der Waals surface area (Å²) < 4.78 is 0. The first-order valence-electron chi connectivity index (χ1n) is 4.26. The number of hydrazone groups is 1. The topological polar surface area (TPSA) is 44.7 Å². The molecule has 1 rings (SSSR count). The van der Waals surface area contributed by atoms with Crippen LogP contribution in [0.1, 0.15) is 20.3 Å². The third-order valence-electron chi connectivity index (χ3n) is 1.85. The van der Waals surface area contributed by atoms with Gasteiger partial charge >= 0.3 is 0 Å². The van der Waals surface area contributed by atoms with E-state index in [1.807, 2.05) is 6.92 Å². The quantitative estimate of drug-likeness (QED) is 0.614. The standard InChI is InChI=1S/C8H15N3O/c1-3-4-11-5-7(2)9-10-8(11)6-12/h6,8,10H,3-5H2,1-2H3. The number of carbonyl (C=O) groups excluding carboxylic acids is 1. The molecule has 0 aliphatic carbocycles. The molecule has 0 aromatic rings. The molecular formula is C8H15N3O. The van der Waals surface area contributed by atoms with Crippen LogP contribution in [0, 0.1) is 0 Å². The van der Waals surface area contributed by atoms with Gasteiger partial charge in [-0.05, 0) is 13.3 Å². The summed E-state index contributed by atoms with van der Waals surface area (Å²) >= 11 is 0. The van der Waals surface area contributed by atoms with Gasteiger partial charge in [0.15, 0.2) is 12.5 Å². The number of carbonyl (C=O) groups is 1. The molecule has 1 atom stereocenters. The van der Waals surface area contributed by atoms with Gasteiger partial charge in [0.1, 0.15) is 0 Å². The zero-order chi connectivity index (χ0) is 8.97. The molecule has 0 saturated heterocycles. The Balaban J connectivity index is 2.56. The highest BCUT2D eigenvalue weighted by Crippen LogP contribution is 2.01. The fraction of sp³-hybridized carbons (Fsp3) is 0.750. The molecule has 1 aliphatic heterocycles. The van der Waals surface area contributed by atoms with Crippen LogP contribution in [0.15, 0.2) is 5.10 Å². The van der Waals surface area contributed by atoms with Crippen molar-refractivity contribution in [1.29, 1.82) is 0 Å². The first-order chi connectivity index (χ1) is 5.77. The summed E-state index contributed by atoms with van der Waals surface area (Å²) in [6, 6.07) is 0. The average molecular weight is 169 g/mol. The van der Waals surface area contributed by atoms with Crippen molar-refractivity contribution in [2.24, 2.45) is 5.10 Å². The lowest BCUT2D eigenvalue weighted by molar-refractivity contribution is -0.113. The van der Waals surface area contributed by atoms with Crippen molar-refractivity contribution in [2.75, 3.05) is 13.1 Å². The molecule has 4 nitrogen and oxygen atoms in total. The normalized spacial score (nSPS) is 24.5. The van der Waals surface area contributed by atoms with E-state index in [-0.39, 0.29) is 6.17 Å². The van der Waals surface area contributed by atoms with E-state index >= 15 is 0 Å². The van der Waals surface area contributed by atoms with Gasteiger partial charge in [0.25, 0.3) is 0 Å². The molecule has 1 heterocycles. The highest BCUT2D eigenvalue weighted by molar-refractivity contribution is 5.84. The van der Waals surface area contributed by atoms with Crippen LogP contribution in [-0.4, -0.2) is 36.2 Å². The van der Waals surface area contributed by atoms with E-state index in [4.69, 9.17) is 0 Å². The van der Waals surface area contributed by atoms with Crippen LogP contribution < -0.4 is 5.43 Å². The summed E-state index contributed by atoms with van der Waals surface area (Å²) in [5.41, 5.74) is 3.83. The van der Waals surface area contributed by atoms with Gasteiger partial charge in [-0.2, -0.15) is 5.10 Å². The predicted octanol–water partition coefficient (Wildman–Crippen LogP) is 0.202. The molecule has 1 aliphatic rings. The molecule has 0 aromatic heterocycles. The van der Waals surface area contributed by atoms with E-state index in [2.05, 4.69) is 22.4 Å². The Bertz CT molecular complexity index is 191. The second kappa shape index (κ2) is 4.21.